The molecule has 2 aliphatic heterocycles. The lowest BCUT2D eigenvalue weighted by atomic mass is 10.0. The van der Waals surface area contributed by atoms with E-state index in [1.54, 1.807) is 0 Å². The highest BCUT2D eigenvalue weighted by atomic mass is 16.5. The maximum absolute atomic E-state index is 5.40. The average Bonchev–Trinajstić information content (AvgIpc) is 3.11. The lowest BCUT2D eigenvalue weighted by molar-refractivity contribution is 0.146. The molecule has 0 aliphatic carbocycles. The predicted molar refractivity (Wildman–Crippen MR) is 72.0 cm³/mol. The van der Waals surface area contributed by atoms with Gasteiger partial charge in [0.05, 0.1) is 12.7 Å². The van der Waals surface area contributed by atoms with Gasteiger partial charge in [-0.2, -0.15) is 10.1 Å². The van der Waals surface area contributed by atoms with Gasteiger partial charge in [-0.15, -0.1) is 0 Å². The van der Waals surface area contributed by atoms with Gasteiger partial charge in [0, 0.05) is 35.7 Å². The minimum Gasteiger partial charge on any atom is -0.338 e. The Kier molecular flexibility index (Phi) is 2.66. The quantitative estimate of drug-likeness (QED) is 0.928. The van der Waals surface area contributed by atoms with E-state index in [9.17, 15) is 0 Å². The Bertz CT molecular complexity index is 617. The summed E-state index contributed by atoms with van der Waals surface area (Å²) in [6.45, 7) is 4.91. The second-order valence-electron chi connectivity index (χ2n) is 6.13. The second kappa shape index (κ2) is 4.41. The van der Waals surface area contributed by atoms with Crippen LogP contribution in [-0.4, -0.2) is 31.3 Å². The summed E-state index contributed by atoms with van der Waals surface area (Å²) in [5, 5.41) is 11.4. The fourth-order valence-corrected chi connectivity index (χ4v) is 3.46. The lowest BCUT2D eigenvalue weighted by Crippen LogP contribution is -2.36. The van der Waals surface area contributed by atoms with Crippen molar-refractivity contribution in [3.8, 4) is 0 Å². The van der Waals surface area contributed by atoms with Gasteiger partial charge in [0.15, 0.2) is 5.82 Å². The highest BCUT2D eigenvalue weighted by Crippen LogP contribution is 2.43. The van der Waals surface area contributed by atoms with E-state index >= 15 is 0 Å². The molecule has 2 aliphatic rings. The number of hydrogen-bond acceptors (Lipinski definition) is 5. The van der Waals surface area contributed by atoms with Gasteiger partial charge in [0.2, 0.25) is 5.89 Å². The van der Waals surface area contributed by atoms with Crippen LogP contribution in [0.1, 0.15) is 61.6 Å². The van der Waals surface area contributed by atoms with Crippen molar-refractivity contribution in [2.45, 2.75) is 57.7 Å². The molecule has 2 unspecified atom stereocenters. The van der Waals surface area contributed by atoms with Crippen molar-refractivity contribution >= 4 is 0 Å². The molecule has 6 nitrogen and oxygen atoms in total. The number of H-pyrrole nitrogens is 1. The Labute approximate surface area is 117 Å². The van der Waals surface area contributed by atoms with Crippen LogP contribution in [0.25, 0.3) is 0 Å². The van der Waals surface area contributed by atoms with Gasteiger partial charge in [-0.25, -0.2) is 0 Å². The summed E-state index contributed by atoms with van der Waals surface area (Å²) in [6.07, 6.45) is 5.46. The first-order chi connectivity index (χ1) is 9.72. The lowest BCUT2D eigenvalue weighted by Gasteiger charge is -2.33. The van der Waals surface area contributed by atoms with E-state index < -0.39 is 0 Å². The third kappa shape index (κ3) is 1.78. The molecule has 1 fully saturated rings. The molecule has 1 N–H and O–H groups in total. The van der Waals surface area contributed by atoms with E-state index in [1.165, 1.54) is 24.1 Å². The van der Waals surface area contributed by atoms with Crippen LogP contribution in [0.2, 0.25) is 0 Å². The Hall–Kier alpha value is -1.69. The minimum atomic E-state index is 0.311. The Morgan fingerprint density at radius 1 is 1.45 bits per heavy atom. The molecule has 106 valence electrons. The monoisotopic (exact) mass is 273 g/mol. The fraction of sp³-hybridized carbons (Fsp3) is 0.643. The van der Waals surface area contributed by atoms with Gasteiger partial charge in [-0.1, -0.05) is 19.0 Å². The largest absolute Gasteiger partial charge is 0.338 e. The predicted octanol–water partition coefficient (Wildman–Crippen LogP) is 2.18. The maximum Gasteiger partial charge on any atom is 0.240 e. The van der Waals surface area contributed by atoms with Crippen molar-refractivity contribution in [2.24, 2.45) is 0 Å². The molecular formula is C14H19N5O. The van der Waals surface area contributed by atoms with Crippen LogP contribution in [0.3, 0.4) is 0 Å². The van der Waals surface area contributed by atoms with E-state index in [0.29, 0.717) is 18.0 Å². The standard InChI is InChI=1S/C14H19N5O/c1-8(2)14-16-13(20-18-14)7-19-9-3-4-12(19)10-6-15-17-11(10)5-9/h6,8-9,12H,3-5,7H2,1-2H3,(H,15,17). The normalized spacial score (nSPS) is 25.4. The first kappa shape index (κ1) is 12.1. The zero-order chi connectivity index (χ0) is 13.7. The zero-order valence-electron chi connectivity index (χ0n) is 11.8. The van der Waals surface area contributed by atoms with Crippen molar-refractivity contribution in [3.63, 3.8) is 0 Å². The highest BCUT2D eigenvalue weighted by molar-refractivity contribution is 5.27. The molecule has 2 aromatic heterocycles. The molecule has 6 heteroatoms. The number of rotatable bonds is 3. The third-order valence-corrected chi connectivity index (χ3v) is 4.51. The molecule has 1 saturated heterocycles. The third-order valence-electron chi connectivity index (χ3n) is 4.51. The van der Waals surface area contributed by atoms with Crippen LogP contribution in [0.15, 0.2) is 10.7 Å². The number of fused-ring (bicyclic) bond motifs is 4. The number of nitrogens with one attached hydrogen (secondary N) is 1. The van der Waals surface area contributed by atoms with E-state index in [2.05, 4.69) is 39.1 Å². The summed E-state index contributed by atoms with van der Waals surface area (Å²) in [7, 11) is 0. The molecule has 0 radical (unpaired) electrons. The SMILES string of the molecule is CC(C)c1noc(CN2C3CCC2c2cn[nH]c2C3)n1. The van der Waals surface area contributed by atoms with Gasteiger partial charge >= 0.3 is 0 Å². The van der Waals surface area contributed by atoms with E-state index in [0.717, 1.165) is 24.7 Å². The molecule has 2 aromatic rings. The number of aromatic amines is 1. The molecule has 4 rings (SSSR count). The highest BCUT2D eigenvalue weighted by Gasteiger charge is 2.41. The Balaban J connectivity index is 1.58. The number of hydrogen-bond donors (Lipinski definition) is 1. The van der Waals surface area contributed by atoms with Gasteiger partial charge in [0.1, 0.15) is 0 Å². The fourth-order valence-electron chi connectivity index (χ4n) is 3.46. The molecule has 2 bridgehead atoms. The van der Waals surface area contributed by atoms with E-state index in [4.69, 9.17) is 4.52 Å². The summed E-state index contributed by atoms with van der Waals surface area (Å²) in [5.41, 5.74) is 2.66. The van der Waals surface area contributed by atoms with Gasteiger partial charge < -0.3 is 4.52 Å². The summed E-state index contributed by atoms with van der Waals surface area (Å²) in [5.74, 6) is 1.84. The summed E-state index contributed by atoms with van der Waals surface area (Å²) in [6, 6.07) is 1.03. The minimum absolute atomic E-state index is 0.311. The van der Waals surface area contributed by atoms with Crippen molar-refractivity contribution in [1.29, 1.82) is 0 Å². The topological polar surface area (TPSA) is 70.8 Å². The first-order valence-corrected chi connectivity index (χ1v) is 7.32. The zero-order valence-corrected chi connectivity index (χ0v) is 11.8. The van der Waals surface area contributed by atoms with E-state index in [1.807, 2.05) is 6.20 Å². The van der Waals surface area contributed by atoms with Crippen LogP contribution in [-0.2, 0) is 13.0 Å². The van der Waals surface area contributed by atoms with Crippen LogP contribution in [0.5, 0.6) is 0 Å². The molecule has 2 atom stereocenters. The molecule has 0 amide bonds. The van der Waals surface area contributed by atoms with Crippen LogP contribution < -0.4 is 0 Å². The van der Waals surface area contributed by atoms with Gasteiger partial charge in [-0.05, 0) is 12.8 Å². The Morgan fingerprint density at radius 3 is 3.15 bits per heavy atom. The van der Waals surface area contributed by atoms with Crippen LogP contribution in [0, 0.1) is 0 Å². The first-order valence-electron chi connectivity index (χ1n) is 7.32. The molecule has 4 heterocycles. The summed E-state index contributed by atoms with van der Waals surface area (Å²) < 4.78 is 5.40. The van der Waals surface area contributed by atoms with Crippen molar-refractivity contribution in [3.05, 3.63) is 29.2 Å². The maximum atomic E-state index is 5.40. The van der Waals surface area contributed by atoms with Gasteiger partial charge in [0.25, 0.3) is 0 Å². The Morgan fingerprint density at radius 2 is 2.35 bits per heavy atom. The molecule has 0 saturated carbocycles. The molecular weight excluding hydrogens is 254 g/mol. The van der Waals surface area contributed by atoms with Crippen molar-refractivity contribution < 1.29 is 4.52 Å². The summed E-state index contributed by atoms with van der Waals surface area (Å²) in [4.78, 5) is 7.00. The van der Waals surface area contributed by atoms with Crippen molar-refractivity contribution in [2.75, 3.05) is 0 Å². The summed E-state index contributed by atoms with van der Waals surface area (Å²) >= 11 is 0. The number of aromatic nitrogens is 4. The molecule has 0 spiro atoms. The van der Waals surface area contributed by atoms with Crippen LogP contribution >= 0.6 is 0 Å². The molecule has 0 aromatic carbocycles. The second-order valence-corrected chi connectivity index (χ2v) is 6.13. The van der Waals surface area contributed by atoms with Gasteiger partial charge in [-0.3, -0.25) is 10.00 Å². The smallest absolute Gasteiger partial charge is 0.240 e. The molecule has 20 heavy (non-hydrogen) atoms. The van der Waals surface area contributed by atoms with E-state index in [-0.39, 0.29) is 0 Å². The average molecular weight is 273 g/mol. The van der Waals surface area contributed by atoms with Crippen LogP contribution in [0.4, 0.5) is 0 Å². The number of nitrogens with zero attached hydrogens (tertiary/aromatic N) is 4. The van der Waals surface area contributed by atoms with Crippen molar-refractivity contribution in [1.82, 2.24) is 25.2 Å².